The smallest absolute Gasteiger partial charge is 0.262 e. The highest BCUT2D eigenvalue weighted by atomic mass is 16.5. The van der Waals surface area contributed by atoms with Crippen LogP contribution in [0.25, 0.3) is 0 Å². The monoisotopic (exact) mass is 340 g/mol. The van der Waals surface area contributed by atoms with Crippen molar-refractivity contribution in [3.8, 4) is 11.5 Å². The second kappa shape index (κ2) is 7.25. The predicted octanol–water partition coefficient (Wildman–Crippen LogP) is 2.91. The molecule has 0 bridgehead atoms. The van der Waals surface area contributed by atoms with E-state index in [1.807, 2.05) is 50.2 Å². The minimum absolute atomic E-state index is 0.0577. The molecule has 2 amide bonds. The molecule has 0 aromatic heterocycles. The number of benzene rings is 2. The summed E-state index contributed by atoms with van der Waals surface area (Å²) in [6, 6.07) is 11.1. The largest absolute Gasteiger partial charge is 0.494 e. The summed E-state index contributed by atoms with van der Waals surface area (Å²) in [5, 5.41) is 5.62. The average molecular weight is 340 g/mol. The van der Waals surface area contributed by atoms with Crippen LogP contribution in [0, 0.1) is 6.92 Å². The molecule has 3 rings (SSSR count). The third-order valence-electron chi connectivity index (χ3n) is 3.73. The van der Waals surface area contributed by atoms with Gasteiger partial charge in [0.15, 0.2) is 12.4 Å². The van der Waals surface area contributed by atoms with Gasteiger partial charge < -0.3 is 20.1 Å². The van der Waals surface area contributed by atoms with Crippen LogP contribution in [0.5, 0.6) is 11.5 Å². The second-order valence-electron chi connectivity index (χ2n) is 5.83. The summed E-state index contributed by atoms with van der Waals surface area (Å²) >= 11 is 0. The zero-order valence-corrected chi connectivity index (χ0v) is 14.2. The number of carbonyl (C=O) groups is 2. The lowest BCUT2D eigenvalue weighted by molar-refractivity contribution is -0.118. The Morgan fingerprint density at radius 2 is 2.04 bits per heavy atom. The molecule has 2 N–H and O–H groups in total. The van der Waals surface area contributed by atoms with E-state index < -0.39 is 0 Å². The number of fused-ring (bicyclic) bond motifs is 1. The first-order valence-corrected chi connectivity index (χ1v) is 8.14. The first-order valence-electron chi connectivity index (χ1n) is 8.14. The van der Waals surface area contributed by atoms with E-state index in [4.69, 9.17) is 9.47 Å². The fourth-order valence-electron chi connectivity index (χ4n) is 2.69. The molecule has 1 heterocycles. The van der Waals surface area contributed by atoms with Gasteiger partial charge in [-0.15, -0.1) is 0 Å². The van der Waals surface area contributed by atoms with Crippen molar-refractivity contribution in [3.05, 3.63) is 47.5 Å². The molecule has 25 heavy (non-hydrogen) atoms. The molecular formula is C19H20N2O4. The summed E-state index contributed by atoms with van der Waals surface area (Å²) in [5.41, 5.74) is 2.94. The Hall–Kier alpha value is -3.02. The Balaban J connectivity index is 1.72. The van der Waals surface area contributed by atoms with Gasteiger partial charge in [-0.2, -0.15) is 0 Å². The Labute approximate surface area is 146 Å². The molecule has 0 saturated carbocycles. The fraction of sp³-hybridized carbons (Fsp3) is 0.263. The van der Waals surface area contributed by atoms with Crippen LogP contribution >= 0.6 is 0 Å². The van der Waals surface area contributed by atoms with Crippen LogP contribution in [0.4, 0.5) is 11.4 Å². The number of rotatable bonds is 5. The van der Waals surface area contributed by atoms with Crippen LogP contribution in [-0.4, -0.2) is 25.0 Å². The molecule has 2 aromatic carbocycles. The standard InChI is InChI=1S/C19H20N2O4/c1-3-24-14-6-4-13(5-7-14)10-17(22)20-15-8-12(2)9-16-19(15)25-11-18(23)21-16/h4-9H,3,10-11H2,1-2H3,(H,20,22)(H,21,23). The van der Waals surface area contributed by atoms with Crippen LogP contribution in [0.3, 0.4) is 0 Å². The maximum atomic E-state index is 12.4. The lowest BCUT2D eigenvalue weighted by Crippen LogP contribution is -2.26. The first kappa shape index (κ1) is 16.8. The molecule has 6 heteroatoms. The third kappa shape index (κ3) is 4.09. The molecule has 2 aromatic rings. The van der Waals surface area contributed by atoms with Crippen molar-refractivity contribution in [1.29, 1.82) is 0 Å². The molecule has 1 aliphatic heterocycles. The van der Waals surface area contributed by atoms with Crippen LogP contribution in [-0.2, 0) is 16.0 Å². The summed E-state index contributed by atoms with van der Waals surface area (Å²) in [5.74, 6) is 0.913. The summed E-state index contributed by atoms with van der Waals surface area (Å²) in [6.45, 7) is 4.37. The molecule has 0 fully saturated rings. The quantitative estimate of drug-likeness (QED) is 0.877. The van der Waals surface area contributed by atoms with E-state index in [1.165, 1.54) is 0 Å². The third-order valence-corrected chi connectivity index (χ3v) is 3.73. The van der Waals surface area contributed by atoms with Gasteiger partial charge in [-0.05, 0) is 49.2 Å². The highest BCUT2D eigenvalue weighted by molar-refractivity contribution is 6.00. The van der Waals surface area contributed by atoms with Crippen LogP contribution in [0.2, 0.25) is 0 Å². The van der Waals surface area contributed by atoms with Crippen molar-refractivity contribution in [3.63, 3.8) is 0 Å². The van der Waals surface area contributed by atoms with Crippen molar-refractivity contribution < 1.29 is 19.1 Å². The molecule has 130 valence electrons. The number of carbonyl (C=O) groups excluding carboxylic acids is 2. The Kier molecular flexibility index (Phi) is 4.88. The molecule has 0 atom stereocenters. The van der Waals surface area contributed by atoms with E-state index in [-0.39, 0.29) is 24.8 Å². The van der Waals surface area contributed by atoms with Gasteiger partial charge in [0, 0.05) is 0 Å². The number of hydrogen-bond donors (Lipinski definition) is 2. The predicted molar refractivity (Wildman–Crippen MR) is 95.2 cm³/mol. The van der Waals surface area contributed by atoms with Crippen LogP contribution in [0.1, 0.15) is 18.1 Å². The highest BCUT2D eigenvalue weighted by Crippen LogP contribution is 2.37. The number of anilines is 2. The number of amides is 2. The maximum Gasteiger partial charge on any atom is 0.262 e. The van der Waals surface area contributed by atoms with Crippen molar-refractivity contribution in [2.24, 2.45) is 0 Å². The normalized spacial score (nSPS) is 12.6. The number of aryl methyl sites for hydroxylation is 1. The van der Waals surface area contributed by atoms with Gasteiger partial charge in [-0.3, -0.25) is 9.59 Å². The molecule has 0 unspecified atom stereocenters. The van der Waals surface area contributed by atoms with Gasteiger partial charge in [0.05, 0.1) is 24.4 Å². The Morgan fingerprint density at radius 3 is 2.76 bits per heavy atom. The Bertz CT molecular complexity index is 800. The van der Waals surface area contributed by atoms with E-state index in [0.717, 1.165) is 16.9 Å². The topological polar surface area (TPSA) is 76.7 Å². The van der Waals surface area contributed by atoms with Gasteiger partial charge in [0.2, 0.25) is 5.91 Å². The number of ether oxygens (including phenoxy) is 2. The summed E-state index contributed by atoms with van der Waals surface area (Å²) in [6.07, 6.45) is 0.238. The maximum absolute atomic E-state index is 12.4. The molecule has 1 aliphatic rings. The SMILES string of the molecule is CCOc1ccc(CC(=O)Nc2cc(C)cc3c2OCC(=O)N3)cc1. The molecule has 0 radical (unpaired) electrons. The Morgan fingerprint density at radius 1 is 1.28 bits per heavy atom. The minimum atomic E-state index is -0.204. The lowest BCUT2D eigenvalue weighted by atomic mass is 10.1. The van der Waals surface area contributed by atoms with E-state index in [2.05, 4.69) is 10.6 Å². The molecule has 0 spiro atoms. The molecular weight excluding hydrogens is 320 g/mol. The van der Waals surface area contributed by atoms with E-state index >= 15 is 0 Å². The summed E-state index contributed by atoms with van der Waals surface area (Å²) < 4.78 is 10.9. The van der Waals surface area contributed by atoms with Gasteiger partial charge in [0.25, 0.3) is 5.91 Å². The number of nitrogens with one attached hydrogen (secondary N) is 2. The van der Waals surface area contributed by atoms with E-state index in [9.17, 15) is 9.59 Å². The molecule has 0 saturated heterocycles. The van der Waals surface area contributed by atoms with Crippen LogP contribution in [0.15, 0.2) is 36.4 Å². The summed E-state index contributed by atoms with van der Waals surface area (Å²) in [7, 11) is 0. The fourth-order valence-corrected chi connectivity index (χ4v) is 2.69. The minimum Gasteiger partial charge on any atom is -0.494 e. The zero-order valence-electron chi connectivity index (χ0n) is 14.2. The summed E-state index contributed by atoms with van der Waals surface area (Å²) in [4.78, 5) is 23.8. The van der Waals surface area contributed by atoms with E-state index in [1.54, 1.807) is 0 Å². The second-order valence-corrected chi connectivity index (χ2v) is 5.83. The first-order chi connectivity index (χ1) is 12.0. The zero-order chi connectivity index (χ0) is 17.8. The van der Waals surface area contributed by atoms with Gasteiger partial charge in [-0.25, -0.2) is 0 Å². The van der Waals surface area contributed by atoms with Gasteiger partial charge in [-0.1, -0.05) is 12.1 Å². The molecule has 6 nitrogen and oxygen atoms in total. The van der Waals surface area contributed by atoms with Gasteiger partial charge in [0.1, 0.15) is 5.75 Å². The van der Waals surface area contributed by atoms with Crippen molar-refractivity contribution in [1.82, 2.24) is 0 Å². The van der Waals surface area contributed by atoms with Crippen LogP contribution < -0.4 is 20.1 Å². The molecule has 0 aliphatic carbocycles. The number of hydrogen-bond acceptors (Lipinski definition) is 4. The average Bonchev–Trinajstić information content (AvgIpc) is 2.56. The van der Waals surface area contributed by atoms with Crippen molar-refractivity contribution >= 4 is 23.2 Å². The lowest BCUT2D eigenvalue weighted by Gasteiger charge is -2.21. The van der Waals surface area contributed by atoms with Gasteiger partial charge >= 0.3 is 0 Å². The highest BCUT2D eigenvalue weighted by Gasteiger charge is 2.21. The van der Waals surface area contributed by atoms with Crippen molar-refractivity contribution in [2.45, 2.75) is 20.3 Å². The van der Waals surface area contributed by atoms with Crippen molar-refractivity contribution in [2.75, 3.05) is 23.8 Å². The van der Waals surface area contributed by atoms with E-state index in [0.29, 0.717) is 23.7 Å².